The van der Waals surface area contributed by atoms with Gasteiger partial charge < -0.3 is 14.2 Å². The van der Waals surface area contributed by atoms with Crippen LogP contribution in [-0.4, -0.2) is 7.11 Å². The second-order valence-electron chi connectivity index (χ2n) is 5.32. The molecule has 0 aromatic heterocycles. The van der Waals surface area contributed by atoms with Gasteiger partial charge in [0.15, 0.2) is 0 Å². The minimum absolute atomic E-state index is 0.421. The van der Waals surface area contributed by atoms with Crippen LogP contribution in [0.15, 0.2) is 85.2 Å². The number of methoxy groups -OCH3 is 1. The third-order valence-corrected chi connectivity index (χ3v) is 3.20. The van der Waals surface area contributed by atoms with Gasteiger partial charge in [0.25, 0.3) is 0 Å². The van der Waals surface area contributed by atoms with Crippen molar-refractivity contribution in [2.45, 2.75) is 13.5 Å². The monoisotopic (exact) mass is 322 g/mol. The lowest BCUT2D eigenvalue weighted by Crippen LogP contribution is -1.99. The lowest BCUT2D eigenvalue weighted by Gasteiger charge is -2.11. The zero-order chi connectivity index (χ0) is 17.4. The summed E-state index contributed by atoms with van der Waals surface area (Å²) in [6.45, 7) is 10.00. The van der Waals surface area contributed by atoms with E-state index in [0.29, 0.717) is 18.1 Å². The minimum Gasteiger partial charge on any atom is -0.496 e. The van der Waals surface area contributed by atoms with Gasteiger partial charge in [-0.25, -0.2) is 0 Å². The molecule has 124 valence electrons. The fourth-order valence-corrected chi connectivity index (χ4v) is 2.03. The highest BCUT2D eigenvalue weighted by Crippen LogP contribution is 2.24. The number of para-hydroxylation sites is 1. The summed E-state index contributed by atoms with van der Waals surface area (Å²) in [6.07, 6.45) is 3.63. The smallest absolute Gasteiger partial charge is 0.131 e. The molecular weight excluding hydrogens is 300 g/mol. The Morgan fingerprint density at radius 2 is 1.75 bits per heavy atom. The van der Waals surface area contributed by atoms with E-state index in [9.17, 15) is 0 Å². The van der Waals surface area contributed by atoms with Gasteiger partial charge >= 0.3 is 0 Å². The molecule has 0 aliphatic rings. The Kier molecular flexibility index (Phi) is 6.26. The van der Waals surface area contributed by atoms with E-state index in [-0.39, 0.29) is 0 Å². The van der Waals surface area contributed by atoms with Crippen molar-refractivity contribution in [1.29, 1.82) is 0 Å². The predicted molar refractivity (Wildman–Crippen MR) is 97.5 cm³/mol. The maximum Gasteiger partial charge on any atom is 0.131 e. The number of benzene rings is 2. The topological polar surface area (TPSA) is 27.7 Å². The molecule has 24 heavy (non-hydrogen) atoms. The molecule has 2 aromatic rings. The average molecular weight is 322 g/mol. The molecule has 0 aliphatic carbocycles. The minimum atomic E-state index is 0.421. The highest BCUT2D eigenvalue weighted by molar-refractivity contribution is 5.37. The van der Waals surface area contributed by atoms with Crippen LogP contribution in [0.3, 0.4) is 0 Å². The van der Waals surface area contributed by atoms with Gasteiger partial charge in [0.05, 0.1) is 7.11 Å². The zero-order valence-electron chi connectivity index (χ0n) is 14.1. The first-order valence-corrected chi connectivity index (χ1v) is 7.63. The fourth-order valence-electron chi connectivity index (χ4n) is 2.03. The Labute approximate surface area is 143 Å². The van der Waals surface area contributed by atoms with Crippen molar-refractivity contribution in [3.63, 3.8) is 0 Å². The third kappa shape index (κ3) is 5.36. The summed E-state index contributed by atoms with van der Waals surface area (Å²) >= 11 is 0. The van der Waals surface area contributed by atoms with Gasteiger partial charge in [0, 0.05) is 11.6 Å². The second kappa shape index (κ2) is 8.63. The Balaban J connectivity index is 2.00. The molecule has 0 heterocycles. The quantitative estimate of drug-likeness (QED) is 0.487. The summed E-state index contributed by atoms with van der Waals surface area (Å²) in [5, 5.41) is 0. The molecule has 0 amide bonds. The van der Waals surface area contributed by atoms with E-state index >= 15 is 0 Å². The van der Waals surface area contributed by atoms with E-state index < -0.39 is 0 Å². The Morgan fingerprint density at radius 1 is 1.00 bits per heavy atom. The Morgan fingerprint density at radius 3 is 2.50 bits per heavy atom. The standard InChI is InChI=1S/C21H22O3/c1-16(2)12-13-17(3)24-20-10-7-9-19(14-20)23-15-18-8-5-6-11-21(18)22-4/h5-14H,1,3,15H2,2,4H3/b13-12-. The SMILES string of the molecule is C=C(C)/C=C\C(=C)Oc1cccc(OCc2ccccc2OC)c1. The van der Waals surface area contributed by atoms with Crippen LogP contribution in [0.25, 0.3) is 0 Å². The summed E-state index contributed by atoms with van der Waals surface area (Å²) in [5.41, 5.74) is 1.92. The molecule has 2 aromatic carbocycles. The summed E-state index contributed by atoms with van der Waals surface area (Å²) in [6, 6.07) is 15.2. The Bertz CT molecular complexity index is 744. The van der Waals surface area contributed by atoms with Gasteiger partial charge in [-0.2, -0.15) is 0 Å². The lowest BCUT2D eigenvalue weighted by molar-refractivity contribution is 0.295. The van der Waals surface area contributed by atoms with Gasteiger partial charge in [-0.3, -0.25) is 0 Å². The Hall–Kier alpha value is -2.94. The summed E-state index contributed by atoms with van der Waals surface area (Å²) < 4.78 is 16.8. The van der Waals surface area contributed by atoms with E-state index in [1.54, 1.807) is 13.2 Å². The van der Waals surface area contributed by atoms with Gasteiger partial charge in [-0.15, -0.1) is 0 Å². The van der Waals surface area contributed by atoms with Crippen LogP contribution in [0.1, 0.15) is 12.5 Å². The van der Waals surface area contributed by atoms with E-state index in [4.69, 9.17) is 14.2 Å². The van der Waals surface area contributed by atoms with Crippen molar-refractivity contribution in [3.8, 4) is 17.2 Å². The van der Waals surface area contributed by atoms with E-state index in [2.05, 4.69) is 13.2 Å². The molecule has 0 N–H and O–H groups in total. The molecule has 0 atom stereocenters. The number of ether oxygens (including phenoxy) is 3. The average Bonchev–Trinajstić information content (AvgIpc) is 2.58. The summed E-state index contributed by atoms with van der Waals surface area (Å²) in [5.74, 6) is 2.74. The van der Waals surface area contributed by atoms with Crippen molar-refractivity contribution < 1.29 is 14.2 Å². The first-order chi connectivity index (χ1) is 11.6. The van der Waals surface area contributed by atoms with Gasteiger partial charge in [0.1, 0.15) is 29.6 Å². The first kappa shape index (κ1) is 17.4. The third-order valence-electron chi connectivity index (χ3n) is 3.20. The molecule has 0 saturated heterocycles. The molecule has 0 spiro atoms. The van der Waals surface area contributed by atoms with Crippen LogP contribution in [0.2, 0.25) is 0 Å². The van der Waals surface area contributed by atoms with Crippen LogP contribution < -0.4 is 14.2 Å². The molecular formula is C21H22O3. The molecule has 0 saturated carbocycles. The molecule has 0 unspecified atom stereocenters. The summed E-state index contributed by atoms with van der Waals surface area (Å²) in [7, 11) is 1.65. The molecule has 0 aliphatic heterocycles. The van der Waals surface area contributed by atoms with Crippen molar-refractivity contribution in [3.05, 3.63) is 90.7 Å². The van der Waals surface area contributed by atoms with Crippen molar-refractivity contribution in [1.82, 2.24) is 0 Å². The lowest BCUT2D eigenvalue weighted by atomic mass is 10.2. The predicted octanol–water partition coefficient (Wildman–Crippen LogP) is 5.30. The van der Waals surface area contributed by atoms with Crippen molar-refractivity contribution in [2.24, 2.45) is 0 Å². The maximum atomic E-state index is 5.83. The van der Waals surface area contributed by atoms with Crippen LogP contribution in [0.4, 0.5) is 0 Å². The fraction of sp³-hybridized carbons (Fsp3) is 0.143. The number of hydrogen-bond acceptors (Lipinski definition) is 3. The maximum absolute atomic E-state index is 5.83. The van der Waals surface area contributed by atoms with Gasteiger partial charge in [-0.05, 0) is 31.2 Å². The van der Waals surface area contributed by atoms with Crippen LogP contribution >= 0.6 is 0 Å². The summed E-state index contributed by atoms with van der Waals surface area (Å²) in [4.78, 5) is 0. The first-order valence-electron chi connectivity index (χ1n) is 7.63. The molecule has 3 heteroatoms. The number of rotatable bonds is 8. The van der Waals surface area contributed by atoms with Crippen molar-refractivity contribution in [2.75, 3.05) is 7.11 Å². The number of hydrogen-bond donors (Lipinski definition) is 0. The molecule has 2 rings (SSSR count). The molecule has 3 nitrogen and oxygen atoms in total. The zero-order valence-corrected chi connectivity index (χ0v) is 14.1. The van der Waals surface area contributed by atoms with Crippen LogP contribution in [-0.2, 0) is 6.61 Å². The largest absolute Gasteiger partial charge is 0.496 e. The van der Waals surface area contributed by atoms with Crippen LogP contribution in [0.5, 0.6) is 17.2 Å². The second-order valence-corrected chi connectivity index (χ2v) is 5.32. The molecule has 0 fully saturated rings. The van der Waals surface area contributed by atoms with Gasteiger partial charge in [0.2, 0.25) is 0 Å². The van der Waals surface area contributed by atoms with Crippen LogP contribution in [0, 0.1) is 0 Å². The van der Waals surface area contributed by atoms with Crippen molar-refractivity contribution >= 4 is 0 Å². The van der Waals surface area contributed by atoms with E-state index in [1.807, 2.05) is 61.5 Å². The highest BCUT2D eigenvalue weighted by Gasteiger charge is 2.04. The van der Waals surface area contributed by atoms with E-state index in [1.165, 1.54) is 0 Å². The molecule has 0 radical (unpaired) electrons. The normalized spacial score (nSPS) is 10.4. The van der Waals surface area contributed by atoms with E-state index in [0.717, 1.165) is 22.6 Å². The molecule has 0 bridgehead atoms. The number of allylic oxidation sites excluding steroid dienone is 3. The van der Waals surface area contributed by atoms with Gasteiger partial charge in [-0.1, -0.05) is 49.1 Å². The highest BCUT2D eigenvalue weighted by atomic mass is 16.5.